The SMILES string of the molecule is CN(C)c1nc(-c2ccccc2)c(CBr)[nH]1. The summed E-state index contributed by atoms with van der Waals surface area (Å²) in [4.78, 5) is 9.86. The topological polar surface area (TPSA) is 31.9 Å². The van der Waals surface area contributed by atoms with Gasteiger partial charge in [-0.2, -0.15) is 0 Å². The Bertz CT molecular complexity index is 462. The monoisotopic (exact) mass is 279 g/mol. The van der Waals surface area contributed by atoms with Crippen LogP contribution >= 0.6 is 15.9 Å². The zero-order chi connectivity index (χ0) is 11.5. The van der Waals surface area contributed by atoms with Gasteiger partial charge in [-0.05, 0) is 0 Å². The summed E-state index contributed by atoms with van der Waals surface area (Å²) in [6.45, 7) is 0. The van der Waals surface area contributed by atoms with E-state index >= 15 is 0 Å². The van der Waals surface area contributed by atoms with Crippen molar-refractivity contribution >= 4 is 21.9 Å². The number of rotatable bonds is 3. The highest BCUT2D eigenvalue weighted by Gasteiger charge is 2.11. The highest BCUT2D eigenvalue weighted by Crippen LogP contribution is 2.25. The molecule has 84 valence electrons. The van der Waals surface area contributed by atoms with Gasteiger partial charge in [0.25, 0.3) is 0 Å². The second kappa shape index (κ2) is 4.70. The van der Waals surface area contributed by atoms with Crippen molar-refractivity contribution in [1.82, 2.24) is 9.97 Å². The second-order valence-electron chi connectivity index (χ2n) is 3.78. The molecule has 0 amide bonds. The molecule has 0 aliphatic rings. The average Bonchev–Trinajstić information content (AvgIpc) is 2.74. The van der Waals surface area contributed by atoms with E-state index < -0.39 is 0 Å². The maximum Gasteiger partial charge on any atom is 0.203 e. The molecule has 16 heavy (non-hydrogen) atoms. The summed E-state index contributed by atoms with van der Waals surface area (Å²) in [5, 5.41) is 0.776. The van der Waals surface area contributed by atoms with E-state index in [9.17, 15) is 0 Å². The third kappa shape index (κ3) is 2.11. The number of halogens is 1. The number of nitrogens with zero attached hydrogens (tertiary/aromatic N) is 2. The Balaban J connectivity index is 2.48. The molecule has 0 bridgehead atoms. The summed E-state index contributed by atoms with van der Waals surface area (Å²) in [7, 11) is 3.96. The summed E-state index contributed by atoms with van der Waals surface area (Å²) in [5.74, 6) is 0.883. The fraction of sp³-hybridized carbons (Fsp3) is 0.250. The number of H-pyrrole nitrogens is 1. The third-order valence-electron chi connectivity index (χ3n) is 2.37. The van der Waals surface area contributed by atoms with E-state index in [1.54, 1.807) is 0 Å². The number of anilines is 1. The number of aromatic nitrogens is 2. The summed E-state index contributed by atoms with van der Waals surface area (Å²) >= 11 is 3.48. The smallest absolute Gasteiger partial charge is 0.203 e. The quantitative estimate of drug-likeness (QED) is 0.876. The fourth-order valence-electron chi connectivity index (χ4n) is 1.54. The molecule has 0 atom stereocenters. The van der Waals surface area contributed by atoms with E-state index in [0.717, 1.165) is 28.2 Å². The molecule has 1 N–H and O–H groups in total. The molecule has 0 unspecified atom stereocenters. The predicted molar refractivity (Wildman–Crippen MR) is 71.0 cm³/mol. The number of benzene rings is 1. The average molecular weight is 280 g/mol. The number of imidazole rings is 1. The van der Waals surface area contributed by atoms with E-state index in [4.69, 9.17) is 0 Å². The maximum absolute atomic E-state index is 4.59. The van der Waals surface area contributed by atoms with Crippen LogP contribution in [0.5, 0.6) is 0 Å². The van der Waals surface area contributed by atoms with Crippen LogP contribution in [-0.2, 0) is 5.33 Å². The molecule has 0 fully saturated rings. The first kappa shape index (κ1) is 11.2. The lowest BCUT2D eigenvalue weighted by molar-refractivity contribution is 1.03. The van der Waals surface area contributed by atoms with Gasteiger partial charge in [-0.25, -0.2) is 4.98 Å². The van der Waals surface area contributed by atoms with Gasteiger partial charge in [-0.15, -0.1) is 0 Å². The standard InChI is InChI=1S/C12H14BrN3/c1-16(2)12-14-10(8-13)11(15-12)9-6-4-3-5-7-9/h3-7H,8H2,1-2H3,(H,14,15). The molecule has 1 aromatic heterocycles. The first-order valence-electron chi connectivity index (χ1n) is 5.10. The lowest BCUT2D eigenvalue weighted by Crippen LogP contribution is -2.10. The number of hydrogen-bond acceptors (Lipinski definition) is 2. The highest BCUT2D eigenvalue weighted by molar-refractivity contribution is 9.08. The molecule has 0 saturated heterocycles. The van der Waals surface area contributed by atoms with Crippen LogP contribution in [0.2, 0.25) is 0 Å². The second-order valence-corrected chi connectivity index (χ2v) is 4.34. The van der Waals surface area contributed by atoms with Crippen LogP contribution in [0.4, 0.5) is 5.95 Å². The Hall–Kier alpha value is -1.29. The molecule has 3 nitrogen and oxygen atoms in total. The van der Waals surface area contributed by atoms with Gasteiger partial charge in [0.15, 0.2) is 0 Å². The number of nitrogens with one attached hydrogen (secondary N) is 1. The Morgan fingerprint density at radius 2 is 1.94 bits per heavy atom. The fourth-order valence-corrected chi connectivity index (χ4v) is 1.94. The van der Waals surface area contributed by atoms with Crippen molar-refractivity contribution in [3.05, 3.63) is 36.0 Å². The van der Waals surface area contributed by atoms with Gasteiger partial charge in [-0.1, -0.05) is 46.3 Å². The normalized spacial score (nSPS) is 10.4. The van der Waals surface area contributed by atoms with Crippen LogP contribution in [0.15, 0.2) is 30.3 Å². The van der Waals surface area contributed by atoms with Crippen molar-refractivity contribution in [2.75, 3.05) is 19.0 Å². The molecule has 1 heterocycles. The Labute approximate surface area is 104 Å². The van der Waals surface area contributed by atoms with Gasteiger partial charge in [0.1, 0.15) is 0 Å². The van der Waals surface area contributed by atoms with E-state index in [1.807, 2.05) is 37.2 Å². The van der Waals surface area contributed by atoms with Crippen LogP contribution < -0.4 is 4.90 Å². The van der Waals surface area contributed by atoms with E-state index in [-0.39, 0.29) is 0 Å². The van der Waals surface area contributed by atoms with Crippen molar-refractivity contribution in [3.8, 4) is 11.3 Å². The summed E-state index contributed by atoms with van der Waals surface area (Å²) in [6, 6.07) is 10.2. The zero-order valence-corrected chi connectivity index (χ0v) is 11.0. The van der Waals surface area contributed by atoms with Gasteiger partial charge in [0, 0.05) is 25.0 Å². The predicted octanol–water partition coefficient (Wildman–Crippen LogP) is 3.04. The largest absolute Gasteiger partial charge is 0.349 e. The van der Waals surface area contributed by atoms with Crippen LogP contribution in [0.1, 0.15) is 5.69 Å². The van der Waals surface area contributed by atoms with Crippen molar-refractivity contribution in [2.24, 2.45) is 0 Å². The van der Waals surface area contributed by atoms with Crippen LogP contribution in [0, 0.1) is 0 Å². The van der Waals surface area contributed by atoms with Crippen molar-refractivity contribution < 1.29 is 0 Å². The first-order chi connectivity index (χ1) is 7.72. The molecule has 2 aromatic rings. The minimum Gasteiger partial charge on any atom is -0.349 e. The first-order valence-corrected chi connectivity index (χ1v) is 6.22. The summed E-state index contributed by atoms with van der Waals surface area (Å²) < 4.78 is 0. The van der Waals surface area contributed by atoms with Crippen molar-refractivity contribution in [3.63, 3.8) is 0 Å². The number of hydrogen-bond donors (Lipinski definition) is 1. The lowest BCUT2D eigenvalue weighted by Gasteiger charge is -2.05. The minimum absolute atomic E-state index is 0.776. The molecule has 0 spiro atoms. The molecule has 0 radical (unpaired) electrons. The Morgan fingerprint density at radius 3 is 2.50 bits per heavy atom. The summed E-state index contributed by atoms with van der Waals surface area (Å²) in [6.07, 6.45) is 0. The number of alkyl halides is 1. The maximum atomic E-state index is 4.59. The van der Waals surface area contributed by atoms with Gasteiger partial charge in [0.2, 0.25) is 5.95 Å². The van der Waals surface area contributed by atoms with Crippen LogP contribution in [0.25, 0.3) is 11.3 Å². The molecule has 0 aliphatic heterocycles. The highest BCUT2D eigenvalue weighted by atomic mass is 79.9. The molecule has 4 heteroatoms. The van der Waals surface area contributed by atoms with E-state index in [2.05, 4.69) is 38.0 Å². The Kier molecular flexibility index (Phi) is 3.29. The van der Waals surface area contributed by atoms with Gasteiger partial charge < -0.3 is 9.88 Å². The van der Waals surface area contributed by atoms with Crippen molar-refractivity contribution in [2.45, 2.75) is 5.33 Å². The number of aromatic amines is 1. The minimum atomic E-state index is 0.776. The van der Waals surface area contributed by atoms with Crippen molar-refractivity contribution in [1.29, 1.82) is 0 Å². The van der Waals surface area contributed by atoms with E-state index in [0.29, 0.717) is 0 Å². The van der Waals surface area contributed by atoms with Gasteiger partial charge in [0.05, 0.1) is 11.4 Å². The molecule has 2 rings (SSSR count). The molecule has 1 aromatic carbocycles. The van der Waals surface area contributed by atoms with Gasteiger partial charge in [-0.3, -0.25) is 0 Å². The zero-order valence-electron chi connectivity index (χ0n) is 9.37. The molecule has 0 saturated carbocycles. The molecular formula is C12H14BrN3. The lowest BCUT2D eigenvalue weighted by atomic mass is 10.1. The van der Waals surface area contributed by atoms with E-state index in [1.165, 1.54) is 0 Å². The third-order valence-corrected chi connectivity index (χ3v) is 2.93. The molecule has 0 aliphatic carbocycles. The van der Waals surface area contributed by atoms with Gasteiger partial charge >= 0.3 is 0 Å². The van der Waals surface area contributed by atoms with Crippen LogP contribution in [0.3, 0.4) is 0 Å². The van der Waals surface area contributed by atoms with Crippen LogP contribution in [-0.4, -0.2) is 24.1 Å². The molecular weight excluding hydrogens is 266 g/mol. The summed E-state index contributed by atoms with van der Waals surface area (Å²) in [5.41, 5.74) is 3.26. The Morgan fingerprint density at radius 1 is 1.25 bits per heavy atom.